The molecule has 130 valence electrons. The summed E-state index contributed by atoms with van der Waals surface area (Å²) in [5.74, 6) is 1.87. The highest BCUT2D eigenvalue weighted by Crippen LogP contribution is 2.18. The lowest BCUT2D eigenvalue weighted by Gasteiger charge is -2.15. The highest BCUT2D eigenvalue weighted by Gasteiger charge is 2.25. The third-order valence-corrected chi connectivity index (χ3v) is 4.81. The van der Waals surface area contributed by atoms with Gasteiger partial charge >= 0.3 is 0 Å². The first kappa shape index (κ1) is 18.5. The summed E-state index contributed by atoms with van der Waals surface area (Å²) in [5, 5.41) is 2.79. The maximum Gasteiger partial charge on any atom is 0.238 e. The summed E-state index contributed by atoms with van der Waals surface area (Å²) >= 11 is 6.44. The van der Waals surface area contributed by atoms with Gasteiger partial charge < -0.3 is 14.8 Å². The van der Waals surface area contributed by atoms with E-state index in [4.69, 9.17) is 21.7 Å². The number of nitrogens with zero attached hydrogens (tertiary/aromatic N) is 1. The molecule has 1 heterocycles. The molecule has 1 aliphatic heterocycles. The van der Waals surface area contributed by atoms with Crippen molar-refractivity contribution in [3.05, 3.63) is 24.3 Å². The van der Waals surface area contributed by atoms with Crippen molar-refractivity contribution < 1.29 is 19.1 Å². The fourth-order valence-electron chi connectivity index (χ4n) is 2.09. The molecule has 24 heavy (non-hydrogen) atoms. The zero-order chi connectivity index (χ0) is 17.4. The van der Waals surface area contributed by atoms with Crippen molar-refractivity contribution in [3.8, 4) is 11.5 Å². The number of carbonyl (C=O) groups excluding carboxylic acids is 2. The Morgan fingerprint density at radius 1 is 1.33 bits per heavy atom. The number of carbonyl (C=O) groups is 2. The number of benzene rings is 1. The van der Waals surface area contributed by atoms with E-state index in [-0.39, 0.29) is 11.8 Å². The van der Waals surface area contributed by atoms with Crippen LogP contribution in [0, 0.1) is 0 Å². The molecule has 0 radical (unpaired) electrons. The predicted molar refractivity (Wildman–Crippen MR) is 97.5 cm³/mol. The van der Waals surface area contributed by atoms with Crippen molar-refractivity contribution in [1.29, 1.82) is 0 Å². The molecule has 2 rings (SSSR count). The summed E-state index contributed by atoms with van der Waals surface area (Å²) in [6.45, 7) is 1.30. The Labute approximate surface area is 150 Å². The second-order valence-corrected chi connectivity index (χ2v) is 6.69. The van der Waals surface area contributed by atoms with Gasteiger partial charge in [-0.15, -0.1) is 0 Å². The molecule has 8 heteroatoms. The quantitative estimate of drug-likeness (QED) is 0.530. The van der Waals surface area contributed by atoms with E-state index >= 15 is 0 Å². The smallest absolute Gasteiger partial charge is 0.238 e. The molecule has 1 N–H and O–H groups in total. The molecular weight excluding hydrogens is 348 g/mol. The molecule has 0 aromatic heterocycles. The standard InChI is InChI=1S/C16H20N2O4S2/c1-21-12-4-6-13(7-5-12)22-10-2-3-14(19)17-8-9-18-15(20)11-24-16(18)23/h4-7H,2-3,8-11H2,1H3,(H,17,19). The van der Waals surface area contributed by atoms with E-state index < -0.39 is 0 Å². The monoisotopic (exact) mass is 368 g/mol. The minimum atomic E-state index is -0.0569. The third-order valence-electron chi connectivity index (χ3n) is 3.37. The molecule has 1 aliphatic rings. The summed E-state index contributed by atoms with van der Waals surface area (Å²) in [7, 11) is 1.61. The van der Waals surface area contributed by atoms with Crippen molar-refractivity contribution in [2.45, 2.75) is 12.8 Å². The second kappa shape index (κ2) is 9.48. The van der Waals surface area contributed by atoms with Crippen molar-refractivity contribution in [3.63, 3.8) is 0 Å². The van der Waals surface area contributed by atoms with E-state index in [0.29, 0.717) is 42.6 Å². The lowest BCUT2D eigenvalue weighted by molar-refractivity contribution is -0.125. The van der Waals surface area contributed by atoms with Crippen molar-refractivity contribution in [1.82, 2.24) is 10.2 Å². The maximum absolute atomic E-state index is 11.8. The SMILES string of the molecule is COc1ccc(OCCCC(=O)NCCN2C(=O)CSC2=S)cc1. The highest BCUT2D eigenvalue weighted by atomic mass is 32.2. The molecular formula is C16H20N2O4S2. The maximum atomic E-state index is 11.8. The summed E-state index contributed by atoms with van der Waals surface area (Å²) < 4.78 is 11.2. The van der Waals surface area contributed by atoms with E-state index in [1.165, 1.54) is 16.7 Å². The van der Waals surface area contributed by atoms with Crippen LogP contribution in [-0.2, 0) is 9.59 Å². The highest BCUT2D eigenvalue weighted by molar-refractivity contribution is 8.23. The fourth-order valence-corrected chi connectivity index (χ4v) is 3.21. The normalized spacial score (nSPS) is 14.0. The van der Waals surface area contributed by atoms with Gasteiger partial charge in [0.05, 0.1) is 19.5 Å². The molecule has 1 aromatic rings. The Morgan fingerprint density at radius 3 is 2.67 bits per heavy atom. The average Bonchev–Trinajstić information content (AvgIpc) is 2.91. The van der Waals surface area contributed by atoms with Gasteiger partial charge in [0, 0.05) is 19.5 Å². The zero-order valence-corrected chi connectivity index (χ0v) is 15.1. The summed E-state index contributed by atoms with van der Waals surface area (Å²) in [4.78, 5) is 24.8. The minimum absolute atomic E-state index is 0.00661. The molecule has 1 saturated heterocycles. The fraction of sp³-hybridized carbons (Fsp3) is 0.438. The van der Waals surface area contributed by atoms with Crippen LogP contribution in [0.1, 0.15) is 12.8 Å². The van der Waals surface area contributed by atoms with Crippen LogP contribution in [0.3, 0.4) is 0 Å². The number of methoxy groups -OCH3 is 1. The molecule has 0 atom stereocenters. The largest absolute Gasteiger partial charge is 0.497 e. The molecule has 0 aliphatic carbocycles. The number of nitrogens with one attached hydrogen (secondary N) is 1. The second-order valence-electron chi connectivity index (χ2n) is 5.08. The van der Waals surface area contributed by atoms with Gasteiger partial charge in [0.1, 0.15) is 15.8 Å². The van der Waals surface area contributed by atoms with Crippen LogP contribution in [0.5, 0.6) is 11.5 Å². The van der Waals surface area contributed by atoms with E-state index in [1.807, 2.05) is 24.3 Å². The van der Waals surface area contributed by atoms with Gasteiger partial charge in [-0.2, -0.15) is 0 Å². The number of hydrogen-bond acceptors (Lipinski definition) is 6. The van der Waals surface area contributed by atoms with Gasteiger partial charge in [-0.05, 0) is 30.7 Å². The Kier molecular flexibility index (Phi) is 7.33. The lowest BCUT2D eigenvalue weighted by Crippen LogP contribution is -2.37. The van der Waals surface area contributed by atoms with Gasteiger partial charge in [-0.1, -0.05) is 24.0 Å². The molecule has 6 nitrogen and oxygen atoms in total. The number of thioether (sulfide) groups is 1. The van der Waals surface area contributed by atoms with Crippen LogP contribution in [0.4, 0.5) is 0 Å². The Morgan fingerprint density at radius 2 is 2.04 bits per heavy atom. The molecule has 0 bridgehead atoms. The Balaban J connectivity index is 1.56. The number of rotatable bonds is 9. The molecule has 1 aromatic carbocycles. The molecule has 0 spiro atoms. The van der Waals surface area contributed by atoms with E-state index in [0.717, 1.165) is 11.5 Å². The molecule has 0 unspecified atom stereocenters. The van der Waals surface area contributed by atoms with Gasteiger partial charge in [0.15, 0.2) is 0 Å². The van der Waals surface area contributed by atoms with E-state index in [1.54, 1.807) is 7.11 Å². The first-order valence-electron chi connectivity index (χ1n) is 7.61. The van der Waals surface area contributed by atoms with Crippen LogP contribution in [0.15, 0.2) is 24.3 Å². The van der Waals surface area contributed by atoms with Crippen LogP contribution >= 0.6 is 24.0 Å². The lowest BCUT2D eigenvalue weighted by atomic mass is 10.3. The summed E-state index contributed by atoms with van der Waals surface area (Å²) in [6.07, 6.45) is 0.998. The summed E-state index contributed by atoms with van der Waals surface area (Å²) in [6, 6.07) is 7.30. The molecule has 1 fully saturated rings. The molecule has 2 amide bonds. The number of thiocarbonyl (C=S) groups is 1. The summed E-state index contributed by atoms with van der Waals surface area (Å²) in [5.41, 5.74) is 0. The van der Waals surface area contributed by atoms with Gasteiger partial charge in [0.2, 0.25) is 11.8 Å². The van der Waals surface area contributed by atoms with E-state index in [9.17, 15) is 9.59 Å². The van der Waals surface area contributed by atoms with Crippen LogP contribution < -0.4 is 14.8 Å². The first-order chi connectivity index (χ1) is 11.6. The number of ether oxygens (including phenoxy) is 2. The van der Waals surface area contributed by atoms with E-state index in [2.05, 4.69) is 5.32 Å². The third kappa shape index (κ3) is 5.68. The average molecular weight is 368 g/mol. The van der Waals surface area contributed by atoms with Gasteiger partial charge in [-0.25, -0.2) is 0 Å². The number of amides is 2. The van der Waals surface area contributed by atoms with Crippen LogP contribution in [0.25, 0.3) is 0 Å². The van der Waals surface area contributed by atoms with Crippen molar-refractivity contribution >= 4 is 40.1 Å². The van der Waals surface area contributed by atoms with Crippen LogP contribution in [0.2, 0.25) is 0 Å². The predicted octanol–water partition coefficient (Wildman–Crippen LogP) is 1.83. The molecule has 0 saturated carbocycles. The first-order valence-corrected chi connectivity index (χ1v) is 9.00. The van der Waals surface area contributed by atoms with Gasteiger partial charge in [-0.3, -0.25) is 14.5 Å². The number of hydrogen-bond donors (Lipinski definition) is 1. The van der Waals surface area contributed by atoms with Crippen LogP contribution in [-0.4, -0.2) is 53.6 Å². The van der Waals surface area contributed by atoms with Crippen molar-refractivity contribution in [2.75, 3.05) is 32.6 Å². The van der Waals surface area contributed by atoms with Gasteiger partial charge in [0.25, 0.3) is 0 Å². The Bertz CT molecular complexity index is 576. The Hall–Kier alpha value is -1.80. The minimum Gasteiger partial charge on any atom is -0.497 e. The topological polar surface area (TPSA) is 67.9 Å². The van der Waals surface area contributed by atoms with Crippen molar-refractivity contribution in [2.24, 2.45) is 0 Å². The zero-order valence-electron chi connectivity index (χ0n) is 13.4.